The molecule has 3 rings (SSSR count). The van der Waals surface area contributed by atoms with Gasteiger partial charge in [0.25, 0.3) is 11.8 Å². The van der Waals surface area contributed by atoms with Crippen molar-refractivity contribution in [1.82, 2.24) is 10.2 Å². The number of benzene rings is 1. The third-order valence-electron chi connectivity index (χ3n) is 4.78. The Kier molecular flexibility index (Phi) is 7.50. The molecule has 4 amide bonds. The van der Waals surface area contributed by atoms with E-state index in [1.807, 2.05) is 0 Å². The molecule has 1 aromatic carbocycles. The molecule has 1 fully saturated rings. The summed E-state index contributed by atoms with van der Waals surface area (Å²) < 4.78 is 16.4. The van der Waals surface area contributed by atoms with Crippen molar-refractivity contribution in [1.29, 1.82) is 0 Å². The Hall–Kier alpha value is -2.82. The third kappa shape index (κ3) is 4.84. The quantitative estimate of drug-likeness (QED) is 0.373. The summed E-state index contributed by atoms with van der Waals surface area (Å²) >= 11 is 0. The Morgan fingerprint density at radius 1 is 1.00 bits per heavy atom. The van der Waals surface area contributed by atoms with Crippen LogP contribution in [0.15, 0.2) is 18.2 Å². The minimum atomic E-state index is -1.01. The first kappa shape index (κ1) is 21.9. The average Bonchev–Trinajstić information content (AvgIpc) is 2.98. The number of fused-ring (bicyclic) bond motifs is 1. The second kappa shape index (κ2) is 10.3. The molecule has 2 aliphatic heterocycles. The number of carbonyl (C=O) groups is 4. The largest absolute Gasteiger partial charge is 0.490 e. The zero-order valence-electron chi connectivity index (χ0n) is 16.6. The van der Waals surface area contributed by atoms with Crippen molar-refractivity contribution in [3.8, 4) is 5.75 Å². The number of carbonyl (C=O) groups excluding carboxylic acids is 4. The van der Waals surface area contributed by atoms with Gasteiger partial charge in [0, 0.05) is 13.0 Å². The van der Waals surface area contributed by atoms with E-state index in [4.69, 9.17) is 19.9 Å². The van der Waals surface area contributed by atoms with Gasteiger partial charge in [-0.15, -0.1) is 0 Å². The lowest BCUT2D eigenvalue weighted by Crippen LogP contribution is -2.54. The maximum absolute atomic E-state index is 12.9. The van der Waals surface area contributed by atoms with Gasteiger partial charge in [0.1, 0.15) is 18.4 Å². The molecule has 1 saturated heterocycles. The molecule has 2 aliphatic rings. The number of hydrogen-bond donors (Lipinski definition) is 2. The van der Waals surface area contributed by atoms with Crippen LogP contribution in [-0.2, 0) is 19.1 Å². The Morgan fingerprint density at radius 2 is 1.73 bits per heavy atom. The van der Waals surface area contributed by atoms with Crippen molar-refractivity contribution >= 4 is 23.6 Å². The highest BCUT2D eigenvalue weighted by atomic mass is 16.5. The van der Waals surface area contributed by atoms with Crippen LogP contribution in [0.3, 0.4) is 0 Å². The number of nitrogens with one attached hydrogen (secondary N) is 1. The summed E-state index contributed by atoms with van der Waals surface area (Å²) in [6.07, 6.45) is 0.971. The highest BCUT2D eigenvalue weighted by Gasteiger charge is 2.45. The van der Waals surface area contributed by atoms with Gasteiger partial charge in [0.05, 0.1) is 30.9 Å². The fraction of sp³-hybridized carbons (Fsp3) is 0.500. The number of ether oxygens (including phenoxy) is 3. The highest BCUT2D eigenvalue weighted by molar-refractivity contribution is 6.24. The first-order chi connectivity index (χ1) is 14.5. The van der Waals surface area contributed by atoms with Crippen molar-refractivity contribution < 1.29 is 33.4 Å². The fourth-order valence-corrected chi connectivity index (χ4v) is 3.32. The molecule has 0 spiro atoms. The molecular formula is C20H25N3O7. The van der Waals surface area contributed by atoms with Crippen LogP contribution in [-0.4, -0.2) is 74.1 Å². The molecule has 0 radical (unpaired) electrons. The van der Waals surface area contributed by atoms with Gasteiger partial charge in [0.15, 0.2) is 0 Å². The average molecular weight is 419 g/mol. The van der Waals surface area contributed by atoms with Gasteiger partial charge >= 0.3 is 0 Å². The molecule has 0 aliphatic carbocycles. The number of amides is 4. The van der Waals surface area contributed by atoms with Crippen molar-refractivity contribution in [2.45, 2.75) is 25.3 Å². The maximum Gasteiger partial charge on any atom is 0.266 e. The van der Waals surface area contributed by atoms with Gasteiger partial charge in [-0.1, -0.05) is 6.07 Å². The molecule has 0 saturated carbocycles. The molecule has 30 heavy (non-hydrogen) atoms. The van der Waals surface area contributed by atoms with Crippen molar-refractivity contribution in [3.63, 3.8) is 0 Å². The van der Waals surface area contributed by atoms with E-state index >= 15 is 0 Å². The number of imide groups is 2. The van der Waals surface area contributed by atoms with E-state index in [0.717, 1.165) is 11.3 Å². The lowest BCUT2D eigenvalue weighted by Gasteiger charge is -2.27. The van der Waals surface area contributed by atoms with Gasteiger partial charge in [-0.2, -0.15) is 0 Å². The molecule has 3 N–H and O–H groups in total. The number of hydrogen-bond acceptors (Lipinski definition) is 8. The second-order valence-corrected chi connectivity index (χ2v) is 6.84. The number of nitrogens with zero attached hydrogens (tertiary/aromatic N) is 1. The van der Waals surface area contributed by atoms with Gasteiger partial charge < -0.3 is 19.9 Å². The van der Waals surface area contributed by atoms with Crippen molar-refractivity contribution in [2.24, 2.45) is 5.73 Å². The summed E-state index contributed by atoms with van der Waals surface area (Å²) in [4.78, 5) is 50.1. The summed E-state index contributed by atoms with van der Waals surface area (Å²) in [6, 6.07) is 3.71. The highest BCUT2D eigenvalue weighted by Crippen LogP contribution is 2.33. The van der Waals surface area contributed by atoms with Crippen molar-refractivity contribution in [3.05, 3.63) is 29.3 Å². The molecular weight excluding hydrogens is 394 g/mol. The standard InChI is InChI=1S/C20H25N3O7/c21-7-2-8-28-9-10-29-11-12-30-15-4-1-3-13-17(15)20(27)23(19(13)26)14-5-6-16(24)22-18(14)25/h1,3-4,14H,2,5-12,21H2,(H,22,24,25). The summed E-state index contributed by atoms with van der Waals surface area (Å²) in [5.74, 6) is -1.98. The van der Waals surface area contributed by atoms with E-state index in [0.29, 0.717) is 26.4 Å². The molecule has 1 aromatic rings. The summed E-state index contributed by atoms with van der Waals surface area (Å²) in [5.41, 5.74) is 5.68. The monoisotopic (exact) mass is 419 g/mol. The van der Waals surface area contributed by atoms with Crippen LogP contribution >= 0.6 is 0 Å². The Balaban J connectivity index is 1.56. The van der Waals surface area contributed by atoms with E-state index in [1.54, 1.807) is 12.1 Å². The smallest absolute Gasteiger partial charge is 0.266 e. The fourth-order valence-electron chi connectivity index (χ4n) is 3.32. The van der Waals surface area contributed by atoms with Crippen LogP contribution in [0, 0.1) is 0 Å². The zero-order valence-corrected chi connectivity index (χ0v) is 16.6. The molecule has 0 bridgehead atoms. The van der Waals surface area contributed by atoms with Gasteiger partial charge in [0.2, 0.25) is 11.8 Å². The normalized spacial score (nSPS) is 18.6. The van der Waals surface area contributed by atoms with Crippen LogP contribution in [0.5, 0.6) is 5.75 Å². The molecule has 10 heteroatoms. The third-order valence-corrected chi connectivity index (χ3v) is 4.78. The molecule has 0 aromatic heterocycles. The Morgan fingerprint density at radius 3 is 2.47 bits per heavy atom. The number of nitrogens with two attached hydrogens (primary N) is 1. The molecule has 2 heterocycles. The lowest BCUT2D eigenvalue weighted by atomic mass is 10.0. The molecule has 1 atom stereocenters. The Bertz CT molecular complexity index is 827. The molecule has 10 nitrogen and oxygen atoms in total. The van der Waals surface area contributed by atoms with E-state index in [2.05, 4.69) is 5.32 Å². The van der Waals surface area contributed by atoms with Crippen LogP contribution < -0.4 is 15.8 Å². The first-order valence-electron chi connectivity index (χ1n) is 9.87. The van der Waals surface area contributed by atoms with Crippen LogP contribution in [0.2, 0.25) is 0 Å². The number of rotatable bonds is 11. The summed E-state index contributed by atoms with van der Waals surface area (Å²) in [7, 11) is 0. The predicted molar refractivity (Wildman–Crippen MR) is 104 cm³/mol. The SMILES string of the molecule is NCCCOCCOCCOc1cccc2c1C(=O)N(C1CCC(=O)NC1=O)C2=O. The second-order valence-electron chi connectivity index (χ2n) is 6.84. The minimum absolute atomic E-state index is 0.0699. The first-order valence-corrected chi connectivity index (χ1v) is 9.87. The summed E-state index contributed by atoms with van der Waals surface area (Å²) in [5, 5.41) is 2.17. The predicted octanol–water partition coefficient (Wildman–Crippen LogP) is -0.151. The van der Waals surface area contributed by atoms with E-state index in [9.17, 15) is 19.2 Å². The van der Waals surface area contributed by atoms with E-state index in [1.165, 1.54) is 6.07 Å². The van der Waals surface area contributed by atoms with E-state index < -0.39 is 29.7 Å². The Labute approximate surface area is 173 Å². The van der Waals surface area contributed by atoms with Crippen LogP contribution in [0.4, 0.5) is 0 Å². The molecule has 1 unspecified atom stereocenters. The molecule has 162 valence electrons. The minimum Gasteiger partial charge on any atom is -0.490 e. The zero-order chi connectivity index (χ0) is 21.5. The van der Waals surface area contributed by atoms with Gasteiger partial charge in [-0.25, -0.2) is 0 Å². The van der Waals surface area contributed by atoms with Gasteiger partial charge in [-0.05, 0) is 31.5 Å². The number of piperidine rings is 1. The lowest BCUT2D eigenvalue weighted by molar-refractivity contribution is -0.136. The van der Waals surface area contributed by atoms with Crippen LogP contribution in [0.25, 0.3) is 0 Å². The maximum atomic E-state index is 12.9. The summed E-state index contributed by atoms with van der Waals surface area (Å²) in [6.45, 7) is 2.49. The topological polar surface area (TPSA) is 137 Å². The van der Waals surface area contributed by atoms with Crippen LogP contribution in [0.1, 0.15) is 40.0 Å². The van der Waals surface area contributed by atoms with Crippen molar-refractivity contribution in [2.75, 3.05) is 39.6 Å². The van der Waals surface area contributed by atoms with E-state index in [-0.39, 0.29) is 42.9 Å². The van der Waals surface area contributed by atoms with Gasteiger partial charge in [-0.3, -0.25) is 29.4 Å².